The van der Waals surface area contributed by atoms with Crippen molar-refractivity contribution in [2.75, 3.05) is 44.9 Å². The molecule has 0 bridgehead atoms. The maximum absolute atomic E-state index is 13.0. The molecule has 10 heteroatoms. The first-order valence-corrected chi connectivity index (χ1v) is 13.2. The molecule has 1 aliphatic heterocycles. The first-order chi connectivity index (χ1) is 14.3. The summed E-state index contributed by atoms with van der Waals surface area (Å²) in [5, 5.41) is 6.49. The van der Waals surface area contributed by atoms with Crippen molar-refractivity contribution in [1.82, 2.24) is 9.62 Å². The lowest BCUT2D eigenvalue weighted by atomic mass is 9.95. The number of nitrogens with one attached hydrogen (secondary N) is 2. The molecule has 2 amide bonds. The number of carbonyl (C=O) groups excluding carboxylic acids is 2. The Morgan fingerprint density at radius 1 is 1.23 bits per heavy atom. The second-order valence-corrected chi connectivity index (χ2v) is 11.1. The number of piperidine rings is 1. The predicted octanol–water partition coefficient (Wildman–Crippen LogP) is 2.00. The van der Waals surface area contributed by atoms with Gasteiger partial charge < -0.3 is 15.4 Å². The van der Waals surface area contributed by atoms with Crippen LogP contribution in [0.5, 0.6) is 0 Å². The largest absolute Gasteiger partial charge is 0.385 e. The first kappa shape index (κ1) is 23.2. The topological polar surface area (TPSA) is 105 Å². The molecule has 8 nitrogen and oxygen atoms in total. The van der Waals surface area contributed by atoms with Gasteiger partial charge in [0.15, 0.2) is 0 Å². The molecule has 1 unspecified atom stereocenters. The number of sulfonamides is 1. The lowest BCUT2D eigenvalue weighted by Gasteiger charge is -2.30. The maximum Gasteiger partial charge on any atom is 0.254 e. The maximum atomic E-state index is 13.0. The molecule has 2 N–H and O–H groups in total. The van der Waals surface area contributed by atoms with E-state index >= 15 is 0 Å². The van der Waals surface area contributed by atoms with Gasteiger partial charge in [0.1, 0.15) is 5.00 Å². The molecular formula is C20H31N3O5S2. The van der Waals surface area contributed by atoms with E-state index in [-0.39, 0.29) is 18.4 Å². The smallest absolute Gasteiger partial charge is 0.254 e. The number of rotatable bonds is 8. The number of hydrogen-bond acceptors (Lipinski definition) is 6. The summed E-state index contributed by atoms with van der Waals surface area (Å²) in [5.74, 6) is -0.789. The van der Waals surface area contributed by atoms with E-state index in [1.807, 2.05) is 0 Å². The SMILES string of the molecule is COCCCNC(=O)c1c(NC(=O)C2CCCN(S(C)(=O)=O)C2)sc2c1CCCC2. The molecule has 0 radical (unpaired) electrons. The summed E-state index contributed by atoms with van der Waals surface area (Å²) in [7, 11) is -1.70. The van der Waals surface area contributed by atoms with Gasteiger partial charge in [-0.1, -0.05) is 0 Å². The molecule has 1 aliphatic carbocycles. The third kappa shape index (κ3) is 5.60. The predicted molar refractivity (Wildman–Crippen MR) is 118 cm³/mol. The molecule has 168 valence electrons. The third-order valence-electron chi connectivity index (χ3n) is 5.67. The van der Waals surface area contributed by atoms with Crippen molar-refractivity contribution in [3.8, 4) is 0 Å². The van der Waals surface area contributed by atoms with Crippen LogP contribution in [0.25, 0.3) is 0 Å². The number of anilines is 1. The highest BCUT2D eigenvalue weighted by atomic mass is 32.2. The van der Waals surface area contributed by atoms with E-state index in [0.29, 0.717) is 43.1 Å². The Labute approximate surface area is 182 Å². The second kappa shape index (κ2) is 10.2. The highest BCUT2D eigenvalue weighted by Crippen LogP contribution is 2.38. The van der Waals surface area contributed by atoms with E-state index in [9.17, 15) is 18.0 Å². The number of methoxy groups -OCH3 is 1. The molecule has 1 atom stereocenters. The van der Waals surface area contributed by atoms with Crippen LogP contribution in [0, 0.1) is 5.92 Å². The molecule has 2 heterocycles. The minimum absolute atomic E-state index is 0.165. The van der Waals surface area contributed by atoms with Gasteiger partial charge in [0.2, 0.25) is 15.9 Å². The van der Waals surface area contributed by atoms with Gasteiger partial charge in [-0.2, -0.15) is 0 Å². The summed E-state index contributed by atoms with van der Waals surface area (Å²) in [4.78, 5) is 27.0. The van der Waals surface area contributed by atoms with Crippen molar-refractivity contribution in [1.29, 1.82) is 0 Å². The number of hydrogen-bond donors (Lipinski definition) is 2. The van der Waals surface area contributed by atoms with E-state index < -0.39 is 15.9 Å². The Bertz CT molecular complexity index is 881. The Morgan fingerprint density at radius 2 is 2.00 bits per heavy atom. The fraction of sp³-hybridized carbons (Fsp3) is 0.700. The average molecular weight is 458 g/mol. The van der Waals surface area contributed by atoms with Gasteiger partial charge in [0, 0.05) is 38.2 Å². The number of carbonyl (C=O) groups is 2. The molecule has 3 rings (SSSR count). The number of fused-ring (bicyclic) bond motifs is 1. The summed E-state index contributed by atoms with van der Waals surface area (Å²) in [6, 6.07) is 0. The molecule has 1 aromatic heterocycles. The quantitative estimate of drug-likeness (QED) is 0.581. The fourth-order valence-corrected chi connectivity index (χ4v) is 6.27. The highest BCUT2D eigenvalue weighted by Gasteiger charge is 2.32. The van der Waals surface area contributed by atoms with Crippen molar-refractivity contribution in [3.05, 3.63) is 16.0 Å². The molecule has 0 saturated carbocycles. The monoisotopic (exact) mass is 457 g/mol. The zero-order chi connectivity index (χ0) is 21.7. The highest BCUT2D eigenvalue weighted by molar-refractivity contribution is 7.88. The van der Waals surface area contributed by atoms with Crippen LogP contribution < -0.4 is 10.6 Å². The molecule has 0 spiro atoms. The van der Waals surface area contributed by atoms with Gasteiger partial charge in [-0.25, -0.2) is 12.7 Å². The van der Waals surface area contributed by atoms with Crippen LogP contribution in [0.3, 0.4) is 0 Å². The standard InChI is InChI=1S/C20H31N3O5S2/c1-28-12-6-10-21-19(25)17-15-8-3-4-9-16(15)29-20(17)22-18(24)14-7-5-11-23(13-14)30(2,26)27/h14H,3-13H2,1-2H3,(H,21,25)(H,22,24). The summed E-state index contributed by atoms with van der Waals surface area (Å²) in [5.41, 5.74) is 1.63. The molecule has 0 aromatic carbocycles. The molecule has 1 saturated heterocycles. The molecular weight excluding hydrogens is 426 g/mol. The van der Waals surface area contributed by atoms with E-state index in [1.54, 1.807) is 7.11 Å². The average Bonchev–Trinajstić information content (AvgIpc) is 3.08. The van der Waals surface area contributed by atoms with Crippen LogP contribution in [-0.4, -0.2) is 64.1 Å². The summed E-state index contributed by atoms with van der Waals surface area (Å²) < 4.78 is 30.1. The van der Waals surface area contributed by atoms with Crippen LogP contribution in [0.2, 0.25) is 0 Å². The van der Waals surface area contributed by atoms with E-state index in [1.165, 1.54) is 26.8 Å². The van der Waals surface area contributed by atoms with Crippen molar-refractivity contribution >= 4 is 38.2 Å². The number of aryl methyl sites for hydroxylation is 1. The second-order valence-electron chi connectivity index (χ2n) is 7.97. The zero-order valence-electron chi connectivity index (χ0n) is 17.7. The van der Waals surface area contributed by atoms with Gasteiger partial charge in [-0.15, -0.1) is 11.3 Å². The van der Waals surface area contributed by atoms with E-state index in [4.69, 9.17) is 4.74 Å². The minimum Gasteiger partial charge on any atom is -0.385 e. The molecule has 2 aliphatic rings. The van der Waals surface area contributed by atoms with Crippen LogP contribution in [0.15, 0.2) is 0 Å². The van der Waals surface area contributed by atoms with Crippen molar-refractivity contribution in [2.24, 2.45) is 5.92 Å². The number of amides is 2. The van der Waals surface area contributed by atoms with Crippen LogP contribution >= 0.6 is 11.3 Å². The van der Waals surface area contributed by atoms with E-state index in [0.717, 1.165) is 37.7 Å². The van der Waals surface area contributed by atoms with Gasteiger partial charge >= 0.3 is 0 Å². The number of thiophene rings is 1. The summed E-state index contributed by atoms with van der Waals surface area (Å²) in [6.45, 7) is 1.72. The van der Waals surface area contributed by atoms with E-state index in [2.05, 4.69) is 10.6 Å². The molecule has 1 aromatic rings. The van der Waals surface area contributed by atoms with Crippen molar-refractivity contribution in [2.45, 2.75) is 44.9 Å². The van der Waals surface area contributed by atoms with Crippen LogP contribution in [-0.2, 0) is 32.4 Å². The molecule has 1 fully saturated rings. The van der Waals surface area contributed by atoms with Gasteiger partial charge in [0.25, 0.3) is 5.91 Å². The summed E-state index contributed by atoms with van der Waals surface area (Å²) >= 11 is 1.48. The van der Waals surface area contributed by atoms with Crippen molar-refractivity contribution in [3.63, 3.8) is 0 Å². The Kier molecular flexibility index (Phi) is 7.89. The van der Waals surface area contributed by atoms with Crippen molar-refractivity contribution < 1.29 is 22.7 Å². The van der Waals surface area contributed by atoms with Gasteiger partial charge in [0.05, 0.1) is 17.7 Å². The van der Waals surface area contributed by atoms with Gasteiger partial charge in [-0.3, -0.25) is 9.59 Å². The van der Waals surface area contributed by atoms with Gasteiger partial charge in [-0.05, 0) is 50.5 Å². The summed E-state index contributed by atoms with van der Waals surface area (Å²) in [6.07, 6.45) is 7.07. The normalized spacial score (nSPS) is 19.9. The Hall–Kier alpha value is -1.49. The first-order valence-electron chi connectivity index (χ1n) is 10.5. The minimum atomic E-state index is -3.32. The lowest BCUT2D eigenvalue weighted by Crippen LogP contribution is -2.43. The molecule has 30 heavy (non-hydrogen) atoms. The number of ether oxygens (including phenoxy) is 1. The Balaban J connectivity index is 1.75. The fourth-order valence-electron chi connectivity index (χ4n) is 4.07. The lowest BCUT2D eigenvalue weighted by molar-refractivity contribution is -0.120. The number of nitrogens with zero attached hydrogens (tertiary/aromatic N) is 1. The van der Waals surface area contributed by atoms with Crippen LogP contribution in [0.4, 0.5) is 5.00 Å². The Morgan fingerprint density at radius 3 is 2.73 bits per heavy atom. The third-order valence-corrected chi connectivity index (χ3v) is 8.15. The van der Waals surface area contributed by atoms with Crippen LogP contribution in [0.1, 0.15) is 52.9 Å². The zero-order valence-corrected chi connectivity index (χ0v) is 19.3.